The third-order valence-electron chi connectivity index (χ3n) is 5.27. The van der Waals surface area contributed by atoms with E-state index in [0.29, 0.717) is 17.2 Å². The van der Waals surface area contributed by atoms with E-state index < -0.39 is 0 Å². The van der Waals surface area contributed by atoms with Crippen LogP contribution < -0.4 is 5.32 Å². The zero-order chi connectivity index (χ0) is 18.8. The minimum absolute atomic E-state index is 0.0792. The molecule has 2 amide bonds. The van der Waals surface area contributed by atoms with Crippen LogP contribution in [0, 0.1) is 19.8 Å². The molecule has 0 aliphatic carbocycles. The zero-order valence-electron chi connectivity index (χ0n) is 16.0. The van der Waals surface area contributed by atoms with Gasteiger partial charge < -0.3 is 14.8 Å². The Morgan fingerprint density at radius 2 is 1.92 bits per heavy atom. The predicted octanol–water partition coefficient (Wildman–Crippen LogP) is 3.77. The van der Waals surface area contributed by atoms with Crippen LogP contribution in [-0.4, -0.2) is 34.4 Å². The van der Waals surface area contributed by atoms with E-state index in [1.165, 1.54) is 6.42 Å². The van der Waals surface area contributed by atoms with Crippen molar-refractivity contribution in [3.8, 4) is 0 Å². The molecular weight excluding hydrogens is 326 g/mol. The van der Waals surface area contributed by atoms with Gasteiger partial charge in [0.25, 0.3) is 11.8 Å². The number of benzene rings is 1. The van der Waals surface area contributed by atoms with Gasteiger partial charge in [0.2, 0.25) is 0 Å². The van der Waals surface area contributed by atoms with Crippen molar-refractivity contribution in [2.75, 3.05) is 18.4 Å². The number of piperidine rings is 1. The molecule has 0 radical (unpaired) electrons. The molecule has 1 saturated heterocycles. The highest BCUT2D eigenvalue weighted by atomic mass is 16.2. The van der Waals surface area contributed by atoms with Gasteiger partial charge in [-0.2, -0.15) is 0 Å². The van der Waals surface area contributed by atoms with E-state index in [9.17, 15) is 9.59 Å². The van der Waals surface area contributed by atoms with E-state index in [1.54, 1.807) is 6.07 Å². The van der Waals surface area contributed by atoms with Gasteiger partial charge in [-0.05, 0) is 68.5 Å². The van der Waals surface area contributed by atoms with Gasteiger partial charge in [-0.1, -0.05) is 6.92 Å². The highest BCUT2D eigenvalue weighted by molar-refractivity contribution is 6.04. The normalized spacial score (nSPS) is 17.2. The summed E-state index contributed by atoms with van der Waals surface area (Å²) < 4.78 is 1.86. The van der Waals surface area contributed by atoms with Gasteiger partial charge in [0.1, 0.15) is 5.69 Å². The molecular formula is C21H27N3O2. The van der Waals surface area contributed by atoms with Crippen molar-refractivity contribution in [1.29, 1.82) is 0 Å². The molecule has 1 aliphatic heterocycles. The lowest BCUT2D eigenvalue weighted by Crippen LogP contribution is -2.39. The number of hydrogen-bond donors (Lipinski definition) is 1. The Balaban J connectivity index is 1.74. The van der Waals surface area contributed by atoms with Gasteiger partial charge in [0.05, 0.1) is 0 Å². The first-order valence-electron chi connectivity index (χ1n) is 9.20. The van der Waals surface area contributed by atoms with Crippen LogP contribution in [-0.2, 0) is 7.05 Å². The molecule has 0 bridgehead atoms. The van der Waals surface area contributed by atoms with Gasteiger partial charge >= 0.3 is 0 Å². The molecule has 1 atom stereocenters. The molecule has 1 aliphatic rings. The summed E-state index contributed by atoms with van der Waals surface area (Å²) >= 11 is 0. The molecule has 3 rings (SSSR count). The Labute approximate surface area is 155 Å². The van der Waals surface area contributed by atoms with E-state index in [1.807, 2.05) is 54.6 Å². The second-order valence-corrected chi connectivity index (χ2v) is 7.40. The molecule has 5 nitrogen and oxygen atoms in total. The summed E-state index contributed by atoms with van der Waals surface area (Å²) in [4.78, 5) is 27.2. The summed E-state index contributed by atoms with van der Waals surface area (Å²) in [7, 11) is 1.87. The van der Waals surface area contributed by atoms with E-state index in [4.69, 9.17) is 0 Å². The number of rotatable bonds is 3. The molecule has 0 saturated carbocycles. The molecule has 1 aromatic carbocycles. The number of carbonyl (C=O) groups is 2. The summed E-state index contributed by atoms with van der Waals surface area (Å²) in [6, 6.07) is 9.23. The first kappa shape index (κ1) is 18.2. The van der Waals surface area contributed by atoms with Crippen LogP contribution in [0.3, 0.4) is 0 Å². The minimum atomic E-state index is -0.146. The van der Waals surface area contributed by atoms with Crippen LogP contribution in [0.15, 0.2) is 30.3 Å². The number of nitrogens with zero attached hydrogens (tertiary/aromatic N) is 2. The quantitative estimate of drug-likeness (QED) is 0.913. The summed E-state index contributed by atoms with van der Waals surface area (Å²) in [5.74, 6) is 0.490. The SMILES string of the molecule is Cc1cc(C(=O)N2CCCC(C)C2)ccc1NC(=O)c1ccc(C)n1C. The second kappa shape index (κ2) is 7.36. The lowest BCUT2D eigenvalue weighted by Gasteiger charge is -2.31. The van der Waals surface area contributed by atoms with Crippen molar-refractivity contribution in [2.24, 2.45) is 13.0 Å². The topological polar surface area (TPSA) is 54.3 Å². The number of aromatic nitrogens is 1. The highest BCUT2D eigenvalue weighted by Crippen LogP contribution is 2.22. The number of likely N-dealkylation sites (tertiary alicyclic amines) is 1. The highest BCUT2D eigenvalue weighted by Gasteiger charge is 2.22. The average Bonchev–Trinajstić information content (AvgIpc) is 2.95. The van der Waals surface area contributed by atoms with Crippen LogP contribution >= 0.6 is 0 Å². The maximum absolute atomic E-state index is 12.7. The van der Waals surface area contributed by atoms with Crippen molar-refractivity contribution < 1.29 is 9.59 Å². The molecule has 1 N–H and O–H groups in total. The van der Waals surface area contributed by atoms with Crippen molar-refractivity contribution in [3.05, 3.63) is 52.8 Å². The van der Waals surface area contributed by atoms with Crippen LogP contribution in [0.4, 0.5) is 5.69 Å². The molecule has 2 aromatic rings. The molecule has 5 heteroatoms. The van der Waals surface area contributed by atoms with Gasteiger partial charge in [0, 0.05) is 37.1 Å². The van der Waals surface area contributed by atoms with Crippen LogP contribution in [0.2, 0.25) is 0 Å². The number of nitrogens with one attached hydrogen (secondary N) is 1. The Morgan fingerprint density at radius 1 is 1.15 bits per heavy atom. The smallest absolute Gasteiger partial charge is 0.272 e. The Morgan fingerprint density at radius 3 is 2.54 bits per heavy atom. The first-order chi connectivity index (χ1) is 12.4. The van der Waals surface area contributed by atoms with Gasteiger partial charge in [-0.15, -0.1) is 0 Å². The average molecular weight is 353 g/mol. The Kier molecular flexibility index (Phi) is 5.16. The van der Waals surface area contributed by atoms with Gasteiger partial charge in [0.15, 0.2) is 0 Å². The lowest BCUT2D eigenvalue weighted by atomic mass is 9.99. The van der Waals surface area contributed by atoms with Crippen molar-refractivity contribution in [2.45, 2.75) is 33.6 Å². The van der Waals surface area contributed by atoms with E-state index in [0.717, 1.165) is 36.5 Å². The molecule has 1 unspecified atom stereocenters. The fourth-order valence-corrected chi connectivity index (χ4v) is 3.52. The summed E-state index contributed by atoms with van der Waals surface area (Å²) in [6.45, 7) is 7.72. The third kappa shape index (κ3) is 3.66. The van der Waals surface area contributed by atoms with E-state index >= 15 is 0 Å². The molecule has 26 heavy (non-hydrogen) atoms. The first-order valence-corrected chi connectivity index (χ1v) is 9.20. The number of amides is 2. The van der Waals surface area contributed by atoms with Crippen LogP contribution in [0.5, 0.6) is 0 Å². The number of anilines is 1. The molecule has 2 heterocycles. The second-order valence-electron chi connectivity index (χ2n) is 7.40. The van der Waals surface area contributed by atoms with Gasteiger partial charge in [-0.25, -0.2) is 0 Å². The fraction of sp³-hybridized carbons (Fsp3) is 0.429. The molecule has 1 fully saturated rings. The Bertz CT molecular complexity index is 838. The lowest BCUT2D eigenvalue weighted by molar-refractivity contribution is 0.0683. The van der Waals surface area contributed by atoms with E-state index in [-0.39, 0.29) is 11.8 Å². The maximum Gasteiger partial charge on any atom is 0.272 e. The standard InChI is InChI=1S/C21H27N3O2/c1-14-6-5-11-24(13-14)21(26)17-8-9-18(15(2)12-17)22-20(25)19-10-7-16(3)23(19)4/h7-10,12,14H,5-6,11,13H2,1-4H3,(H,22,25). The van der Waals surface area contributed by atoms with E-state index in [2.05, 4.69) is 12.2 Å². The van der Waals surface area contributed by atoms with Crippen LogP contribution in [0.25, 0.3) is 0 Å². The third-order valence-corrected chi connectivity index (χ3v) is 5.27. The number of aryl methyl sites for hydroxylation is 2. The number of hydrogen-bond acceptors (Lipinski definition) is 2. The largest absolute Gasteiger partial charge is 0.344 e. The van der Waals surface area contributed by atoms with Crippen molar-refractivity contribution >= 4 is 17.5 Å². The predicted molar refractivity (Wildman–Crippen MR) is 104 cm³/mol. The Hall–Kier alpha value is -2.56. The minimum Gasteiger partial charge on any atom is -0.344 e. The summed E-state index contributed by atoms with van der Waals surface area (Å²) in [5.41, 5.74) is 3.95. The van der Waals surface area contributed by atoms with Gasteiger partial charge in [-0.3, -0.25) is 9.59 Å². The molecule has 0 spiro atoms. The van der Waals surface area contributed by atoms with Crippen molar-refractivity contribution in [3.63, 3.8) is 0 Å². The summed E-state index contributed by atoms with van der Waals surface area (Å²) in [5, 5.41) is 2.95. The zero-order valence-corrected chi connectivity index (χ0v) is 16.0. The summed E-state index contributed by atoms with van der Waals surface area (Å²) in [6.07, 6.45) is 2.25. The van der Waals surface area contributed by atoms with Crippen LogP contribution in [0.1, 0.15) is 51.9 Å². The van der Waals surface area contributed by atoms with Crippen molar-refractivity contribution in [1.82, 2.24) is 9.47 Å². The maximum atomic E-state index is 12.7. The number of carbonyl (C=O) groups excluding carboxylic acids is 2. The molecule has 138 valence electrons. The monoisotopic (exact) mass is 353 g/mol. The fourth-order valence-electron chi connectivity index (χ4n) is 3.52. The molecule has 1 aromatic heterocycles.